The zero-order valence-corrected chi connectivity index (χ0v) is 16.0. The van der Waals surface area contributed by atoms with Crippen molar-refractivity contribution >= 4 is 5.91 Å². The number of hydrogen-bond acceptors (Lipinski definition) is 4. The zero-order chi connectivity index (χ0) is 18.4. The van der Waals surface area contributed by atoms with Gasteiger partial charge in [0, 0.05) is 13.6 Å². The van der Waals surface area contributed by atoms with Crippen LogP contribution in [0.25, 0.3) is 0 Å². The Bertz CT molecular complexity index is 554. The number of carbonyl (C=O) groups is 1. The van der Waals surface area contributed by atoms with Crippen LogP contribution >= 0.6 is 0 Å². The molecule has 1 amide bonds. The number of carbonyl (C=O) groups excluding carboxylic acids is 1. The lowest BCUT2D eigenvalue weighted by Gasteiger charge is -2.34. The number of likely N-dealkylation sites (N-methyl/N-ethyl adjacent to an activating group) is 1. The molecule has 5 nitrogen and oxygen atoms in total. The van der Waals surface area contributed by atoms with Crippen molar-refractivity contribution in [1.82, 2.24) is 9.80 Å². The average molecular weight is 348 g/mol. The molecule has 0 aromatic heterocycles. The van der Waals surface area contributed by atoms with Gasteiger partial charge in [0.2, 0.25) is 5.91 Å². The maximum Gasteiger partial charge on any atom is 0.236 e. The van der Waals surface area contributed by atoms with Crippen LogP contribution in [0.2, 0.25) is 0 Å². The number of rotatable bonds is 7. The van der Waals surface area contributed by atoms with Crippen LogP contribution in [0.4, 0.5) is 0 Å². The van der Waals surface area contributed by atoms with Crippen LogP contribution in [0.3, 0.4) is 0 Å². The van der Waals surface area contributed by atoms with Gasteiger partial charge in [0.05, 0.1) is 19.2 Å². The van der Waals surface area contributed by atoms with E-state index in [0.717, 1.165) is 31.7 Å². The topological polar surface area (TPSA) is 53.0 Å². The summed E-state index contributed by atoms with van der Waals surface area (Å²) in [5.74, 6) is 1.24. The molecule has 2 rings (SSSR count). The SMILES string of the molecule is Cc1cc(C)cc(OCCN(C)C(=O)CN2CCCC(C(C)O)C2)c1. The third kappa shape index (κ3) is 6.33. The van der Waals surface area contributed by atoms with Gasteiger partial charge in [-0.25, -0.2) is 0 Å². The summed E-state index contributed by atoms with van der Waals surface area (Å²) in [6.07, 6.45) is 1.78. The minimum atomic E-state index is -0.304. The smallest absolute Gasteiger partial charge is 0.236 e. The van der Waals surface area contributed by atoms with Crippen LogP contribution in [0.1, 0.15) is 30.9 Å². The molecule has 1 fully saturated rings. The highest BCUT2D eigenvalue weighted by atomic mass is 16.5. The molecule has 0 saturated carbocycles. The van der Waals surface area contributed by atoms with Gasteiger partial charge in [-0.05, 0) is 69.3 Å². The number of aryl methyl sites for hydroxylation is 2. The minimum absolute atomic E-state index is 0.107. The fourth-order valence-corrected chi connectivity index (χ4v) is 3.38. The molecule has 1 aromatic rings. The van der Waals surface area contributed by atoms with Crippen molar-refractivity contribution in [2.75, 3.05) is 39.8 Å². The molecule has 5 heteroatoms. The molecule has 140 valence electrons. The molecule has 1 aliphatic rings. The number of likely N-dealkylation sites (tertiary alicyclic amines) is 1. The molecular weight excluding hydrogens is 316 g/mol. The van der Waals surface area contributed by atoms with E-state index in [2.05, 4.69) is 24.8 Å². The van der Waals surface area contributed by atoms with Crippen LogP contribution in [-0.4, -0.2) is 66.8 Å². The summed E-state index contributed by atoms with van der Waals surface area (Å²) in [5.41, 5.74) is 2.36. The Hall–Kier alpha value is -1.59. The molecule has 1 heterocycles. The van der Waals surface area contributed by atoms with Crippen LogP contribution in [0.15, 0.2) is 18.2 Å². The Morgan fingerprint density at radius 2 is 2.04 bits per heavy atom. The summed E-state index contributed by atoms with van der Waals surface area (Å²) < 4.78 is 5.79. The van der Waals surface area contributed by atoms with Crippen molar-refractivity contribution in [3.8, 4) is 5.75 Å². The number of benzene rings is 1. The van der Waals surface area contributed by atoms with Gasteiger partial charge in [-0.3, -0.25) is 9.69 Å². The molecule has 0 aliphatic carbocycles. The van der Waals surface area contributed by atoms with E-state index in [4.69, 9.17) is 4.74 Å². The van der Waals surface area contributed by atoms with Crippen molar-refractivity contribution < 1.29 is 14.6 Å². The van der Waals surface area contributed by atoms with Gasteiger partial charge in [-0.1, -0.05) is 6.07 Å². The number of nitrogens with zero attached hydrogens (tertiary/aromatic N) is 2. The van der Waals surface area contributed by atoms with Gasteiger partial charge in [0.15, 0.2) is 0 Å². The van der Waals surface area contributed by atoms with Crippen LogP contribution in [0.5, 0.6) is 5.75 Å². The van der Waals surface area contributed by atoms with Gasteiger partial charge in [-0.15, -0.1) is 0 Å². The predicted molar refractivity (Wildman–Crippen MR) is 99.9 cm³/mol. The first-order valence-corrected chi connectivity index (χ1v) is 9.20. The summed E-state index contributed by atoms with van der Waals surface area (Å²) in [5, 5.41) is 9.76. The predicted octanol–water partition coefficient (Wildman–Crippen LogP) is 2.23. The van der Waals surface area contributed by atoms with Crippen molar-refractivity contribution in [2.45, 2.75) is 39.7 Å². The van der Waals surface area contributed by atoms with Crippen molar-refractivity contribution in [2.24, 2.45) is 5.92 Å². The minimum Gasteiger partial charge on any atom is -0.492 e. The van der Waals surface area contributed by atoms with Crippen LogP contribution < -0.4 is 4.74 Å². The third-order valence-corrected chi connectivity index (χ3v) is 4.90. The number of aliphatic hydroxyl groups is 1. The van der Waals surface area contributed by atoms with Gasteiger partial charge in [0.1, 0.15) is 12.4 Å². The highest BCUT2D eigenvalue weighted by Gasteiger charge is 2.25. The first-order valence-electron chi connectivity index (χ1n) is 9.20. The normalized spacial score (nSPS) is 19.5. The van der Waals surface area contributed by atoms with E-state index in [1.807, 2.05) is 26.1 Å². The van der Waals surface area contributed by atoms with Crippen molar-refractivity contribution in [3.63, 3.8) is 0 Å². The summed E-state index contributed by atoms with van der Waals surface area (Å²) in [4.78, 5) is 16.3. The largest absolute Gasteiger partial charge is 0.492 e. The molecule has 1 aliphatic heterocycles. The first-order chi connectivity index (χ1) is 11.8. The second kappa shape index (κ2) is 9.20. The second-order valence-corrected chi connectivity index (χ2v) is 7.37. The lowest BCUT2D eigenvalue weighted by atomic mass is 9.93. The maximum atomic E-state index is 12.4. The number of ether oxygens (including phenoxy) is 1. The molecule has 0 spiro atoms. The number of amides is 1. The molecule has 2 unspecified atom stereocenters. The van der Waals surface area contributed by atoms with Crippen molar-refractivity contribution in [3.05, 3.63) is 29.3 Å². The Labute approximate surface area is 151 Å². The van der Waals surface area contributed by atoms with E-state index in [1.165, 1.54) is 11.1 Å². The van der Waals surface area contributed by atoms with Crippen LogP contribution in [-0.2, 0) is 4.79 Å². The molecule has 0 radical (unpaired) electrons. The summed E-state index contributed by atoms with van der Waals surface area (Å²) >= 11 is 0. The van der Waals surface area contributed by atoms with Gasteiger partial charge < -0.3 is 14.7 Å². The molecule has 0 bridgehead atoms. The van der Waals surface area contributed by atoms with Gasteiger partial charge in [-0.2, -0.15) is 0 Å². The zero-order valence-electron chi connectivity index (χ0n) is 16.0. The number of aliphatic hydroxyl groups excluding tert-OH is 1. The quantitative estimate of drug-likeness (QED) is 0.821. The van der Waals surface area contributed by atoms with Gasteiger partial charge in [0.25, 0.3) is 0 Å². The lowest BCUT2D eigenvalue weighted by Crippen LogP contribution is -2.45. The Balaban J connectivity index is 1.74. The summed E-state index contributed by atoms with van der Waals surface area (Å²) in [6.45, 7) is 9.15. The lowest BCUT2D eigenvalue weighted by molar-refractivity contribution is -0.132. The molecule has 25 heavy (non-hydrogen) atoms. The molecular formula is C20H32N2O3. The van der Waals surface area contributed by atoms with E-state index in [9.17, 15) is 9.90 Å². The Kier molecular flexibility index (Phi) is 7.26. The first kappa shape index (κ1) is 19.7. The fraction of sp³-hybridized carbons (Fsp3) is 0.650. The number of piperidine rings is 1. The maximum absolute atomic E-state index is 12.4. The molecule has 1 N–H and O–H groups in total. The fourth-order valence-electron chi connectivity index (χ4n) is 3.38. The standard InChI is InChI=1S/C20H32N2O3/c1-15-10-16(2)12-19(11-15)25-9-8-21(4)20(24)14-22-7-5-6-18(13-22)17(3)23/h10-12,17-18,23H,5-9,13-14H2,1-4H3. The van der Waals surface area contributed by atoms with E-state index in [1.54, 1.807) is 4.90 Å². The van der Waals surface area contributed by atoms with Crippen molar-refractivity contribution in [1.29, 1.82) is 0 Å². The summed E-state index contributed by atoms with van der Waals surface area (Å²) in [7, 11) is 1.82. The highest BCUT2D eigenvalue weighted by molar-refractivity contribution is 5.78. The van der Waals surface area contributed by atoms with E-state index in [0.29, 0.717) is 19.7 Å². The summed E-state index contributed by atoms with van der Waals surface area (Å²) in [6, 6.07) is 6.14. The van der Waals surface area contributed by atoms with Crippen LogP contribution in [0, 0.1) is 19.8 Å². The van der Waals surface area contributed by atoms with E-state index in [-0.39, 0.29) is 17.9 Å². The highest BCUT2D eigenvalue weighted by Crippen LogP contribution is 2.19. The molecule has 1 saturated heterocycles. The third-order valence-electron chi connectivity index (χ3n) is 4.90. The Morgan fingerprint density at radius 3 is 2.68 bits per heavy atom. The molecule has 2 atom stereocenters. The van der Waals surface area contributed by atoms with E-state index >= 15 is 0 Å². The van der Waals surface area contributed by atoms with E-state index < -0.39 is 0 Å². The van der Waals surface area contributed by atoms with Gasteiger partial charge >= 0.3 is 0 Å². The average Bonchev–Trinajstić information content (AvgIpc) is 2.54. The molecule has 1 aromatic carbocycles. The monoisotopic (exact) mass is 348 g/mol. The second-order valence-electron chi connectivity index (χ2n) is 7.37. The number of hydrogen-bond donors (Lipinski definition) is 1. The Morgan fingerprint density at radius 1 is 1.36 bits per heavy atom.